The van der Waals surface area contributed by atoms with E-state index in [-0.39, 0.29) is 24.1 Å². The highest BCUT2D eigenvalue weighted by Gasteiger charge is 2.11. The molecule has 0 saturated heterocycles. The zero-order valence-corrected chi connectivity index (χ0v) is 19.3. The quantitative estimate of drug-likeness (QED) is 0.301. The Labute approximate surface area is 191 Å². The van der Waals surface area contributed by atoms with E-state index in [1.807, 2.05) is 25.1 Å². The first-order valence-corrected chi connectivity index (χ1v) is 11.0. The van der Waals surface area contributed by atoms with E-state index >= 15 is 0 Å². The molecule has 0 bridgehead atoms. The zero-order chi connectivity index (χ0) is 21.5. The molecular formula is C20H20IN5O3S. The van der Waals surface area contributed by atoms with Gasteiger partial charge in [0.15, 0.2) is 0 Å². The van der Waals surface area contributed by atoms with Gasteiger partial charge in [-0.3, -0.25) is 14.7 Å². The number of H-pyrrole nitrogens is 1. The Hall–Kier alpha value is -2.60. The lowest BCUT2D eigenvalue weighted by Gasteiger charge is -2.07. The minimum absolute atomic E-state index is 0.136. The summed E-state index contributed by atoms with van der Waals surface area (Å²) in [6.07, 6.45) is 0. The van der Waals surface area contributed by atoms with Crippen LogP contribution in [0.3, 0.4) is 0 Å². The Morgan fingerprint density at radius 1 is 1.20 bits per heavy atom. The Kier molecular flexibility index (Phi) is 7.69. The van der Waals surface area contributed by atoms with Gasteiger partial charge in [0.2, 0.25) is 11.1 Å². The van der Waals surface area contributed by atoms with Crippen molar-refractivity contribution >= 4 is 51.9 Å². The van der Waals surface area contributed by atoms with Crippen molar-refractivity contribution in [2.24, 2.45) is 0 Å². The molecule has 30 heavy (non-hydrogen) atoms. The second kappa shape index (κ2) is 10.4. The number of hydrogen-bond donors (Lipinski definition) is 3. The van der Waals surface area contributed by atoms with Crippen LogP contribution in [0, 0.1) is 10.5 Å². The number of hydrogen-bond acceptors (Lipinski definition) is 6. The van der Waals surface area contributed by atoms with Crippen LogP contribution >= 0.6 is 34.4 Å². The van der Waals surface area contributed by atoms with Gasteiger partial charge >= 0.3 is 0 Å². The van der Waals surface area contributed by atoms with E-state index in [2.05, 4.69) is 48.4 Å². The largest absolute Gasteiger partial charge is 0.497 e. The summed E-state index contributed by atoms with van der Waals surface area (Å²) in [4.78, 5) is 28.7. The lowest BCUT2D eigenvalue weighted by molar-refractivity contribution is -0.113. The fourth-order valence-electron chi connectivity index (χ4n) is 2.51. The molecule has 2 amide bonds. The van der Waals surface area contributed by atoms with E-state index in [9.17, 15) is 9.59 Å². The van der Waals surface area contributed by atoms with Crippen LogP contribution in [-0.4, -0.2) is 39.9 Å². The number of carbonyl (C=O) groups excluding carboxylic acids is 2. The van der Waals surface area contributed by atoms with Gasteiger partial charge in [-0.15, -0.1) is 5.10 Å². The standard InChI is InChI=1S/C20H20IN5O3S/c1-12-9-14(21)5-8-16(12)23-18(27)11-30-20-24-17(25-26-20)10-22-19(28)13-3-6-15(29-2)7-4-13/h3-9H,10-11H2,1-2H3,(H,22,28)(H,23,27)(H,24,25,26). The van der Waals surface area contributed by atoms with Gasteiger partial charge < -0.3 is 15.4 Å². The summed E-state index contributed by atoms with van der Waals surface area (Å²) in [5.41, 5.74) is 2.32. The number of rotatable bonds is 8. The number of nitrogens with zero attached hydrogens (tertiary/aromatic N) is 2. The lowest BCUT2D eigenvalue weighted by Crippen LogP contribution is -2.23. The Bertz CT molecular complexity index is 1040. The predicted molar refractivity (Wildman–Crippen MR) is 124 cm³/mol. The summed E-state index contributed by atoms with van der Waals surface area (Å²) in [6.45, 7) is 2.15. The molecule has 8 nitrogen and oxygen atoms in total. The molecule has 0 aliphatic carbocycles. The molecular weight excluding hydrogens is 517 g/mol. The maximum absolute atomic E-state index is 12.2. The summed E-state index contributed by atoms with van der Waals surface area (Å²) in [5, 5.41) is 12.9. The van der Waals surface area contributed by atoms with Crippen LogP contribution in [0.4, 0.5) is 5.69 Å². The van der Waals surface area contributed by atoms with Gasteiger partial charge in [-0.25, -0.2) is 4.98 Å². The number of thioether (sulfide) groups is 1. The van der Waals surface area contributed by atoms with Crippen LogP contribution in [0.5, 0.6) is 5.75 Å². The van der Waals surface area contributed by atoms with Crippen LogP contribution in [0.15, 0.2) is 47.6 Å². The Morgan fingerprint density at radius 2 is 1.97 bits per heavy atom. The molecule has 0 aliphatic rings. The van der Waals surface area contributed by atoms with Crippen LogP contribution in [0.1, 0.15) is 21.7 Å². The number of methoxy groups -OCH3 is 1. The van der Waals surface area contributed by atoms with Crippen molar-refractivity contribution in [3.8, 4) is 5.75 Å². The molecule has 3 N–H and O–H groups in total. The molecule has 10 heteroatoms. The molecule has 2 aromatic carbocycles. The topological polar surface area (TPSA) is 109 Å². The molecule has 0 saturated carbocycles. The third-order valence-corrected chi connectivity index (χ3v) is 5.59. The van der Waals surface area contributed by atoms with Crippen molar-refractivity contribution in [1.82, 2.24) is 20.5 Å². The van der Waals surface area contributed by atoms with E-state index in [0.717, 1.165) is 14.8 Å². The minimum atomic E-state index is -0.226. The molecule has 0 atom stereocenters. The van der Waals surface area contributed by atoms with Gasteiger partial charge in [0.25, 0.3) is 5.91 Å². The molecule has 1 aromatic heterocycles. The molecule has 3 rings (SSSR count). The minimum Gasteiger partial charge on any atom is -0.497 e. The van der Waals surface area contributed by atoms with Gasteiger partial charge in [-0.05, 0) is 77.5 Å². The number of ether oxygens (including phenoxy) is 1. The Morgan fingerprint density at radius 3 is 2.67 bits per heavy atom. The predicted octanol–water partition coefficient (Wildman–Crippen LogP) is 3.39. The van der Waals surface area contributed by atoms with Crippen LogP contribution in [-0.2, 0) is 11.3 Å². The molecule has 0 radical (unpaired) electrons. The fourth-order valence-corrected chi connectivity index (χ4v) is 3.78. The number of aromatic nitrogens is 3. The molecule has 1 heterocycles. The highest BCUT2D eigenvalue weighted by Crippen LogP contribution is 2.19. The van der Waals surface area contributed by atoms with Crippen molar-refractivity contribution in [3.05, 3.63) is 63.0 Å². The number of amides is 2. The third kappa shape index (κ3) is 6.20. The summed E-state index contributed by atoms with van der Waals surface area (Å²) < 4.78 is 6.19. The first kappa shape index (κ1) is 22.1. The number of anilines is 1. The highest BCUT2D eigenvalue weighted by molar-refractivity contribution is 14.1. The summed E-state index contributed by atoms with van der Waals surface area (Å²) in [7, 11) is 1.57. The maximum atomic E-state index is 12.2. The molecule has 0 fully saturated rings. The van der Waals surface area contributed by atoms with E-state index < -0.39 is 0 Å². The summed E-state index contributed by atoms with van der Waals surface area (Å²) >= 11 is 3.45. The monoisotopic (exact) mass is 537 g/mol. The summed E-state index contributed by atoms with van der Waals surface area (Å²) in [6, 6.07) is 12.6. The number of aromatic amines is 1. The first-order chi connectivity index (χ1) is 14.4. The van der Waals surface area contributed by atoms with Crippen molar-refractivity contribution in [3.63, 3.8) is 0 Å². The van der Waals surface area contributed by atoms with Crippen molar-refractivity contribution in [1.29, 1.82) is 0 Å². The molecule has 0 aliphatic heterocycles. The maximum Gasteiger partial charge on any atom is 0.251 e. The lowest BCUT2D eigenvalue weighted by atomic mass is 10.2. The fraction of sp³-hybridized carbons (Fsp3) is 0.200. The number of carbonyl (C=O) groups is 2. The van der Waals surface area contributed by atoms with E-state index in [0.29, 0.717) is 22.3 Å². The smallest absolute Gasteiger partial charge is 0.251 e. The van der Waals surface area contributed by atoms with Crippen molar-refractivity contribution in [2.45, 2.75) is 18.6 Å². The van der Waals surface area contributed by atoms with E-state index in [4.69, 9.17) is 4.74 Å². The van der Waals surface area contributed by atoms with E-state index in [1.54, 1.807) is 31.4 Å². The second-order valence-electron chi connectivity index (χ2n) is 6.27. The van der Waals surface area contributed by atoms with Crippen molar-refractivity contribution in [2.75, 3.05) is 18.2 Å². The average Bonchev–Trinajstić information content (AvgIpc) is 3.20. The van der Waals surface area contributed by atoms with Crippen LogP contribution in [0.25, 0.3) is 0 Å². The average molecular weight is 537 g/mol. The highest BCUT2D eigenvalue weighted by atomic mass is 127. The van der Waals surface area contributed by atoms with Gasteiger partial charge in [0.1, 0.15) is 11.6 Å². The zero-order valence-electron chi connectivity index (χ0n) is 16.4. The van der Waals surface area contributed by atoms with Gasteiger partial charge in [-0.1, -0.05) is 11.8 Å². The van der Waals surface area contributed by atoms with Crippen LogP contribution < -0.4 is 15.4 Å². The molecule has 156 valence electrons. The normalized spacial score (nSPS) is 10.5. The first-order valence-electron chi connectivity index (χ1n) is 8.97. The van der Waals surface area contributed by atoms with Crippen molar-refractivity contribution < 1.29 is 14.3 Å². The number of benzene rings is 2. The van der Waals surface area contributed by atoms with E-state index in [1.165, 1.54) is 11.8 Å². The van der Waals surface area contributed by atoms with Gasteiger partial charge in [-0.2, -0.15) is 0 Å². The third-order valence-electron chi connectivity index (χ3n) is 4.07. The molecule has 3 aromatic rings. The molecule has 0 spiro atoms. The summed E-state index contributed by atoms with van der Waals surface area (Å²) in [5.74, 6) is 1.01. The number of aryl methyl sites for hydroxylation is 1. The SMILES string of the molecule is COc1ccc(C(=O)NCc2nc(SCC(=O)Nc3ccc(I)cc3C)n[nH]2)cc1. The Balaban J connectivity index is 1.46. The van der Waals surface area contributed by atoms with Crippen LogP contribution in [0.2, 0.25) is 0 Å². The second-order valence-corrected chi connectivity index (χ2v) is 8.46. The number of nitrogens with one attached hydrogen (secondary N) is 3. The number of halogens is 1. The molecule has 0 unspecified atom stereocenters. The van der Waals surface area contributed by atoms with Gasteiger partial charge in [0, 0.05) is 14.8 Å². The van der Waals surface area contributed by atoms with Gasteiger partial charge in [0.05, 0.1) is 19.4 Å².